The Bertz CT molecular complexity index is 3460. The van der Waals surface area contributed by atoms with Crippen molar-refractivity contribution >= 4 is 83.7 Å². The molecule has 5 heteroatoms. The molecule has 0 radical (unpaired) electrons. The molecule has 0 fully saturated rings. The minimum atomic E-state index is -3.09. The lowest BCUT2D eigenvalue weighted by atomic mass is 10.0. The van der Waals surface area contributed by atoms with E-state index in [-0.39, 0.29) is 0 Å². The van der Waals surface area contributed by atoms with Gasteiger partial charge in [0.15, 0.2) is 7.14 Å². The second-order valence-corrected chi connectivity index (χ2v) is 18.0. The molecule has 0 saturated heterocycles. The van der Waals surface area contributed by atoms with Gasteiger partial charge < -0.3 is 18.6 Å². The molecule has 3 heterocycles. The molecule has 2 aromatic heterocycles. The normalized spacial score (nSPS) is 14.6. The van der Waals surface area contributed by atoms with Gasteiger partial charge in [-0.3, -0.25) is 0 Å². The average molecular weight is 774 g/mol. The fourth-order valence-electron chi connectivity index (χ4n) is 9.51. The molecule has 1 atom stereocenters. The molecule has 0 spiro atoms. The van der Waals surface area contributed by atoms with Gasteiger partial charge in [0.2, 0.25) is 0 Å². The zero-order valence-corrected chi connectivity index (χ0v) is 32.9. The molecule has 1 aliphatic rings. The highest BCUT2D eigenvalue weighted by molar-refractivity contribution is 7.86. The number of rotatable bonds is 6. The maximum absolute atomic E-state index is 15.4. The SMILES string of the molecule is O=P1(c2ccccc2)c2ccccc2-c2cc3c(cc21)c1ccccc1n3-c1ccc(N(c2ccccc2)c2ccc3c4ccccc4n(-c4ccccc4)c3c2)cc1. The van der Waals surface area contributed by atoms with E-state index in [1.807, 2.05) is 36.4 Å². The first-order valence-corrected chi connectivity index (χ1v) is 21.8. The van der Waals surface area contributed by atoms with E-state index in [4.69, 9.17) is 0 Å². The Morgan fingerprint density at radius 2 is 0.847 bits per heavy atom. The molecule has 4 nitrogen and oxygen atoms in total. The number of aromatic nitrogens is 2. The lowest BCUT2D eigenvalue weighted by Crippen LogP contribution is -2.20. The van der Waals surface area contributed by atoms with Crippen LogP contribution in [-0.2, 0) is 4.57 Å². The van der Waals surface area contributed by atoms with E-state index in [2.05, 4.69) is 196 Å². The van der Waals surface area contributed by atoms with E-state index in [1.165, 1.54) is 16.3 Å². The molecule has 278 valence electrons. The van der Waals surface area contributed by atoms with Gasteiger partial charge in [-0.15, -0.1) is 0 Å². The van der Waals surface area contributed by atoms with E-state index >= 15 is 4.57 Å². The van der Waals surface area contributed by atoms with Crippen molar-refractivity contribution in [1.82, 2.24) is 9.13 Å². The number of nitrogens with zero attached hydrogens (tertiary/aromatic N) is 3. The van der Waals surface area contributed by atoms with Crippen LogP contribution in [0.15, 0.2) is 218 Å². The van der Waals surface area contributed by atoms with E-state index in [1.54, 1.807) is 0 Å². The van der Waals surface area contributed by atoms with Crippen LogP contribution in [0.5, 0.6) is 0 Å². The van der Waals surface area contributed by atoms with Crippen molar-refractivity contribution in [2.45, 2.75) is 0 Å². The standard InChI is InChI=1S/C54H36N3OP/c58-59(42-20-8-3-9-21-42)53-27-15-12-24-46(53)48-35-52-47(36-54(48)59)44-23-11-14-26-50(44)57(52)40-30-28-39(29-31-40)55(37-16-4-1-5-17-37)41-32-33-45-43-22-10-13-25-49(43)56(51(45)34-41)38-18-6-2-7-19-38/h1-36H. The number of hydrogen-bond acceptors (Lipinski definition) is 2. The van der Waals surface area contributed by atoms with Crippen molar-refractivity contribution in [2.75, 3.05) is 4.90 Å². The molecular formula is C54H36N3OP. The van der Waals surface area contributed by atoms with Crippen molar-refractivity contribution in [3.05, 3.63) is 218 Å². The van der Waals surface area contributed by atoms with Crippen molar-refractivity contribution in [3.63, 3.8) is 0 Å². The summed E-state index contributed by atoms with van der Waals surface area (Å²) < 4.78 is 20.2. The van der Waals surface area contributed by atoms with Gasteiger partial charge in [0.05, 0.1) is 22.1 Å². The third-order valence-corrected chi connectivity index (χ3v) is 15.2. The third kappa shape index (κ3) is 5.00. The molecule has 0 aliphatic carbocycles. The lowest BCUT2D eigenvalue weighted by molar-refractivity contribution is 0.593. The van der Waals surface area contributed by atoms with E-state index in [9.17, 15) is 0 Å². The van der Waals surface area contributed by atoms with Crippen LogP contribution in [0.4, 0.5) is 17.1 Å². The third-order valence-electron chi connectivity index (χ3n) is 12.1. The molecule has 12 rings (SSSR count). The minimum Gasteiger partial charge on any atom is -0.310 e. The molecule has 0 N–H and O–H groups in total. The van der Waals surface area contributed by atoms with Crippen LogP contribution in [0.25, 0.3) is 66.1 Å². The summed E-state index contributed by atoms with van der Waals surface area (Å²) in [5.74, 6) is 0. The Morgan fingerprint density at radius 1 is 0.339 bits per heavy atom. The summed E-state index contributed by atoms with van der Waals surface area (Å²) in [6.07, 6.45) is 0. The highest BCUT2D eigenvalue weighted by Gasteiger charge is 2.40. The first-order chi connectivity index (χ1) is 29.2. The largest absolute Gasteiger partial charge is 0.310 e. The molecule has 0 amide bonds. The predicted octanol–water partition coefficient (Wildman–Crippen LogP) is 13.0. The maximum Gasteiger partial charge on any atom is 0.172 e. The average Bonchev–Trinajstić information content (AvgIpc) is 3.90. The van der Waals surface area contributed by atoms with Gasteiger partial charge >= 0.3 is 0 Å². The molecular weight excluding hydrogens is 738 g/mol. The summed E-state index contributed by atoms with van der Waals surface area (Å²) in [5, 5.41) is 7.38. The van der Waals surface area contributed by atoms with Gasteiger partial charge in [-0.05, 0) is 96.1 Å². The Morgan fingerprint density at radius 3 is 1.56 bits per heavy atom. The molecule has 1 unspecified atom stereocenters. The molecule has 59 heavy (non-hydrogen) atoms. The van der Waals surface area contributed by atoms with Crippen molar-refractivity contribution in [2.24, 2.45) is 0 Å². The van der Waals surface area contributed by atoms with E-state index in [0.29, 0.717) is 0 Å². The first kappa shape index (κ1) is 33.7. The van der Waals surface area contributed by atoms with E-state index in [0.717, 1.165) is 82.8 Å². The zero-order valence-electron chi connectivity index (χ0n) is 32.0. The smallest absolute Gasteiger partial charge is 0.172 e. The van der Waals surface area contributed by atoms with Gasteiger partial charge in [0, 0.05) is 65.9 Å². The summed E-state index contributed by atoms with van der Waals surface area (Å²) in [4.78, 5) is 2.34. The van der Waals surface area contributed by atoms with Crippen molar-refractivity contribution in [1.29, 1.82) is 0 Å². The highest BCUT2D eigenvalue weighted by Crippen LogP contribution is 2.53. The highest BCUT2D eigenvalue weighted by atomic mass is 31.2. The number of anilines is 3. The molecule has 1 aliphatic heterocycles. The van der Waals surface area contributed by atoms with Crippen LogP contribution in [0.1, 0.15) is 0 Å². The Labute approximate surface area is 341 Å². The Hall–Kier alpha value is -7.39. The monoisotopic (exact) mass is 773 g/mol. The number of para-hydroxylation sites is 4. The topological polar surface area (TPSA) is 30.2 Å². The van der Waals surface area contributed by atoms with Crippen LogP contribution in [0.2, 0.25) is 0 Å². The van der Waals surface area contributed by atoms with Gasteiger partial charge in [0.1, 0.15) is 0 Å². The fraction of sp³-hybridized carbons (Fsp3) is 0. The predicted molar refractivity (Wildman–Crippen MR) is 248 cm³/mol. The van der Waals surface area contributed by atoms with Gasteiger partial charge in [-0.1, -0.05) is 133 Å². The second-order valence-electron chi connectivity index (χ2n) is 15.3. The van der Waals surface area contributed by atoms with Crippen molar-refractivity contribution < 1.29 is 4.57 Å². The summed E-state index contributed by atoms with van der Waals surface area (Å²) >= 11 is 0. The number of hydrogen-bond donors (Lipinski definition) is 0. The lowest BCUT2D eigenvalue weighted by Gasteiger charge is -2.26. The zero-order chi connectivity index (χ0) is 39.1. The van der Waals surface area contributed by atoms with Crippen LogP contribution in [0, 0.1) is 0 Å². The van der Waals surface area contributed by atoms with E-state index < -0.39 is 7.14 Å². The summed E-state index contributed by atoms with van der Waals surface area (Å²) in [5.41, 5.74) is 12.0. The maximum atomic E-state index is 15.4. The first-order valence-electron chi connectivity index (χ1n) is 20.0. The quantitative estimate of drug-likeness (QED) is 0.158. The summed E-state index contributed by atoms with van der Waals surface area (Å²) in [6.45, 7) is 0. The number of benzene rings is 9. The van der Waals surface area contributed by atoms with Crippen LogP contribution < -0.4 is 20.8 Å². The Balaban J connectivity index is 1.03. The second kappa shape index (κ2) is 13.1. The molecule has 0 saturated carbocycles. The summed E-state index contributed by atoms with van der Waals surface area (Å²) in [7, 11) is -3.09. The van der Waals surface area contributed by atoms with Crippen LogP contribution in [-0.4, -0.2) is 9.13 Å². The fourth-order valence-corrected chi connectivity index (χ4v) is 12.6. The molecule has 0 bridgehead atoms. The Kier molecular flexibility index (Phi) is 7.47. The van der Waals surface area contributed by atoms with Crippen LogP contribution >= 0.6 is 7.14 Å². The molecule has 9 aromatic carbocycles. The van der Waals surface area contributed by atoms with Crippen LogP contribution in [0.3, 0.4) is 0 Å². The minimum absolute atomic E-state index is 0.869. The van der Waals surface area contributed by atoms with Gasteiger partial charge in [-0.25, -0.2) is 0 Å². The summed E-state index contributed by atoms with van der Waals surface area (Å²) in [6, 6.07) is 76.9. The molecule has 11 aromatic rings. The van der Waals surface area contributed by atoms with Gasteiger partial charge in [-0.2, -0.15) is 0 Å². The van der Waals surface area contributed by atoms with Crippen molar-refractivity contribution in [3.8, 4) is 22.5 Å². The van der Waals surface area contributed by atoms with Gasteiger partial charge in [0.25, 0.3) is 0 Å². The number of fused-ring (bicyclic) bond motifs is 9.